The molecule has 0 aliphatic rings. The third kappa shape index (κ3) is 2.90. The molecule has 3 N–H and O–H groups in total. The van der Waals surface area contributed by atoms with Crippen molar-refractivity contribution < 1.29 is 9.90 Å². The van der Waals surface area contributed by atoms with Gasteiger partial charge in [0.15, 0.2) is 11.9 Å². The molecule has 1 aromatic carbocycles. The predicted octanol–water partition coefficient (Wildman–Crippen LogP) is 1.95. The summed E-state index contributed by atoms with van der Waals surface area (Å²) in [7, 11) is 0. The number of carbonyl (C=O) groups is 1. The molecular weight excluding hydrogens is 244 g/mol. The van der Waals surface area contributed by atoms with Gasteiger partial charge in [0.25, 0.3) is 0 Å². The molecule has 0 fully saturated rings. The third-order valence-corrected chi connectivity index (χ3v) is 2.82. The summed E-state index contributed by atoms with van der Waals surface area (Å²) in [5.74, 6) is -0.416. The normalized spacial score (nSPS) is 12.3. The van der Waals surface area contributed by atoms with Gasteiger partial charge in [-0.25, -0.2) is 14.5 Å². The lowest BCUT2D eigenvalue weighted by Gasteiger charge is -2.10. The molecule has 0 saturated heterocycles. The van der Waals surface area contributed by atoms with Crippen LogP contribution in [0, 0.1) is 0 Å². The number of nitrogen functional groups attached to an aromatic ring is 1. The highest BCUT2D eigenvalue weighted by molar-refractivity contribution is 5.71. The van der Waals surface area contributed by atoms with Crippen molar-refractivity contribution in [3.05, 3.63) is 30.6 Å². The molecule has 0 bridgehead atoms. The van der Waals surface area contributed by atoms with Gasteiger partial charge in [0.2, 0.25) is 0 Å². The number of rotatable bonds is 5. The Morgan fingerprint density at radius 3 is 2.95 bits per heavy atom. The van der Waals surface area contributed by atoms with Crippen LogP contribution in [0.25, 0.3) is 11.4 Å². The smallest absolute Gasteiger partial charge is 0.328 e. The van der Waals surface area contributed by atoms with Crippen molar-refractivity contribution in [1.82, 2.24) is 14.8 Å². The fourth-order valence-electron chi connectivity index (χ4n) is 1.88. The van der Waals surface area contributed by atoms with E-state index >= 15 is 0 Å². The van der Waals surface area contributed by atoms with Crippen molar-refractivity contribution in [2.24, 2.45) is 0 Å². The molecule has 1 heterocycles. The molecule has 2 rings (SSSR count). The number of carboxylic acid groups (broad SMARTS) is 1. The Balaban J connectivity index is 2.30. The van der Waals surface area contributed by atoms with Crippen LogP contribution in [-0.2, 0) is 4.79 Å². The van der Waals surface area contributed by atoms with Gasteiger partial charge in [-0.3, -0.25) is 0 Å². The summed E-state index contributed by atoms with van der Waals surface area (Å²) in [5, 5.41) is 13.4. The number of aliphatic carboxylic acids is 1. The fourth-order valence-corrected chi connectivity index (χ4v) is 1.88. The molecule has 1 atom stereocenters. The maximum absolute atomic E-state index is 11.2. The molecule has 0 radical (unpaired) electrons. The minimum absolute atomic E-state index is 0.481. The van der Waals surface area contributed by atoms with Crippen molar-refractivity contribution >= 4 is 11.7 Å². The van der Waals surface area contributed by atoms with Gasteiger partial charge >= 0.3 is 5.97 Å². The topological polar surface area (TPSA) is 94.0 Å². The summed E-state index contributed by atoms with van der Waals surface area (Å²) in [6.45, 7) is 1.94. The number of aromatic nitrogens is 3. The van der Waals surface area contributed by atoms with Crippen molar-refractivity contribution in [1.29, 1.82) is 0 Å². The maximum Gasteiger partial charge on any atom is 0.328 e. The lowest BCUT2D eigenvalue weighted by Crippen LogP contribution is -2.19. The molecule has 6 nitrogen and oxygen atoms in total. The average molecular weight is 260 g/mol. The zero-order chi connectivity index (χ0) is 13.8. The van der Waals surface area contributed by atoms with Gasteiger partial charge in [0, 0.05) is 11.3 Å². The maximum atomic E-state index is 11.2. The van der Waals surface area contributed by atoms with E-state index < -0.39 is 12.0 Å². The van der Waals surface area contributed by atoms with Crippen LogP contribution in [0.3, 0.4) is 0 Å². The van der Waals surface area contributed by atoms with Gasteiger partial charge in [0.05, 0.1) is 0 Å². The van der Waals surface area contributed by atoms with E-state index in [4.69, 9.17) is 5.73 Å². The first kappa shape index (κ1) is 13.1. The summed E-state index contributed by atoms with van der Waals surface area (Å²) in [5.41, 5.74) is 7.10. The quantitative estimate of drug-likeness (QED) is 0.801. The summed E-state index contributed by atoms with van der Waals surface area (Å²) in [6, 6.07) is 6.51. The first-order valence-electron chi connectivity index (χ1n) is 6.11. The van der Waals surface area contributed by atoms with E-state index in [9.17, 15) is 9.90 Å². The average Bonchev–Trinajstić information content (AvgIpc) is 2.84. The first-order valence-corrected chi connectivity index (χ1v) is 6.11. The third-order valence-electron chi connectivity index (χ3n) is 2.82. The van der Waals surface area contributed by atoms with Crippen LogP contribution in [0.15, 0.2) is 30.6 Å². The second-order valence-corrected chi connectivity index (χ2v) is 4.32. The van der Waals surface area contributed by atoms with Crippen LogP contribution < -0.4 is 5.73 Å². The minimum atomic E-state index is -0.897. The summed E-state index contributed by atoms with van der Waals surface area (Å²) >= 11 is 0. The molecular formula is C13H16N4O2. The van der Waals surface area contributed by atoms with Gasteiger partial charge in [-0.1, -0.05) is 25.5 Å². The molecule has 1 aromatic heterocycles. The van der Waals surface area contributed by atoms with E-state index in [1.54, 1.807) is 12.1 Å². The van der Waals surface area contributed by atoms with Gasteiger partial charge in [-0.05, 0) is 18.6 Å². The largest absolute Gasteiger partial charge is 0.480 e. The molecule has 0 aliphatic heterocycles. The van der Waals surface area contributed by atoms with Gasteiger partial charge in [-0.2, -0.15) is 5.10 Å². The Morgan fingerprint density at radius 1 is 1.53 bits per heavy atom. The molecule has 0 aliphatic carbocycles. The van der Waals surface area contributed by atoms with Crippen molar-refractivity contribution in [2.75, 3.05) is 5.73 Å². The van der Waals surface area contributed by atoms with E-state index in [2.05, 4.69) is 10.1 Å². The van der Waals surface area contributed by atoms with Gasteiger partial charge in [0.1, 0.15) is 6.33 Å². The summed E-state index contributed by atoms with van der Waals surface area (Å²) in [6.07, 6.45) is 2.74. The number of hydrogen-bond acceptors (Lipinski definition) is 4. The fraction of sp³-hybridized carbons (Fsp3) is 0.308. The van der Waals surface area contributed by atoms with Gasteiger partial charge < -0.3 is 10.8 Å². The number of carboxylic acids is 1. The molecule has 0 spiro atoms. The van der Waals surface area contributed by atoms with E-state index in [1.165, 1.54) is 11.0 Å². The van der Waals surface area contributed by atoms with Crippen LogP contribution in [-0.4, -0.2) is 25.8 Å². The Labute approximate surface area is 110 Å². The standard InChI is InChI=1S/C13H16N4O2/c1-2-4-11(13(18)19)17-8-15-12(16-17)9-5-3-6-10(14)7-9/h3,5-8,11H,2,4,14H2,1H3,(H,18,19). The highest BCUT2D eigenvalue weighted by Gasteiger charge is 2.20. The zero-order valence-corrected chi connectivity index (χ0v) is 10.7. The van der Waals surface area contributed by atoms with Crippen molar-refractivity contribution in [3.8, 4) is 11.4 Å². The minimum Gasteiger partial charge on any atom is -0.480 e. The lowest BCUT2D eigenvalue weighted by atomic mass is 10.2. The Bertz CT molecular complexity index is 580. The van der Waals surface area contributed by atoms with E-state index in [1.807, 2.05) is 19.1 Å². The van der Waals surface area contributed by atoms with Crippen LogP contribution in [0.5, 0.6) is 0 Å². The lowest BCUT2D eigenvalue weighted by molar-refractivity contribution is -0.141. The van der Waals surface area contributed by atoms with Crippen LogP contribution in [0.4, 0.5) is 5.69 Å². The van der Waals surface area contributed by atoms with Crippen LogP contribution >= 0.6 is 0 Å². The van der Waals surface area contributed by atoms with Gasteiger partial charge in [-0.15, -0.1) is 0 Å². The molecule has 2 aromatic rings. The Hall–Kier alpha value is -2.37. The molecule has 0 saturated carbocycles. The molecule has 0 amide bonds. The van der Waals surface area contributed by atoms with Crippen molar-refractivity contribution in [2.45, 2.75) is 25.8 Å². The molecule has 19 heavy (non-hydrogen) atoms. The Morgan fingerprint density at radius 2 is 2.32 bits per heavy atom. The zero-order valence-electron chi connectivity index (χ0n) is 10.7. The first-order chi connectivity index (χ1) is 9.11. The number of benzene rings is 1. The molecule has 6 heteroatoms. The monoisotopic (exact) mass is 260 g/mol. The summed E-state index contributed by atoms with van der Waals surface area (Å²) < 4.78 is 1.39. The van der Waals surface area contributed by atoms with Crippen molar-refractivity contribution in [3.63, 3.8) is 0 Å². The van der Waals surface area contributed by atoms with Crippen LogP contribution in [0.2, 0.25) is 0 Å². The number of nitrogens with zero attached hydrogens (tertiary/aromatic N) is 3. The molecule has 100 valence electrons. The van der Waals surface area contributed by atoms with E-state index in [0.29, 0.717) is 17.9 Å². The predicted molar refractivity (Wildman–Crippen MR) is 71.5 cm³/mol. The van der Waals surface area contributed by atoms with E-state index in [-0.39, 0.29) is 0 Å². The summed E-state index contributed by atoms with van der Waals surface area (Å²) in [4.78, 5) is 15.3. The highest BCUT2D eigenvalue weighted by Crippen LogP contribution is 2.19. The highest BCUT2D eigenvalue weighted by atomic mass is 16.4. The Kier molecular flexibility index (Phi) is 3.79. The number of hydrogen-bond donors (Lipinski definition) is 2. The second kappa shape index (κ2) is 5.51. The SMILES string of the molecule is CCCC(C(=O)O)n1cnc(-c2cccc(N)c2)n1. The van der Waals surface area contributed by atoms with Crippen LogP contribution in [0.1, 0.15) is 25.8 Å². The number of nitrogens with two attached hydrogens (primary N) is 1. The second-order valence-electron chi connectivity index (χ2n) is 4.32. The number of anilines is 1. The van der Waals surface area contributed by atoms with E-state index in [0.717, 1.165) is 12.0 Å². The molecule has 1 unspecified atom stereocenters.